The number of H-pyrrole nitrogens is 1. The van der Waals surface area contributed by atoms with Gasteiger partial charge in [-0.25, -0.2) is 4.79 Å². The Morgan fingerprint density at radius 3 is 2.26 bits per heavy atom. The Bertz CT molecular complexity index is 805. The molecule has 3 N–H and O–H groups in total. The Labute approximate surface area is 176 Å². The first kappa shape index (κ1) is 24.6. The fraction of sp³-hybridized carbons (Fsp3) is 0.667. The molecule has 174 valence electrons. The summed E-state index contributed by atoms with van der Waals surface area (Å²) in [5.41, 5.74) is 0.730. The Balaban J connectivity index is 0.000000423. The van der Waals surface area contributed by atoms with Gasteiger partial charge in [0.15, 0.2) is 0 Å². The highest BCUT2D eigenvalue weighted by molar-refractivity contribution is 5.93. The van der Waals surface area contributed by atoms with Gasteiger partial charge in [-0.05, 0) is 32.9 Å². The lowest BCUT2D eigenvalue weighted by Crippen LogP contribution is -2.68. The highest BCUT2D eigenvalue weighted by Gasteiger charge is 2.49. The van der Waals surface area contributed by atoms with Crippen molar-refractivity contribution >= 4 is 17.8 Å². The van der Waals surface area contributed by atoms with Crippen molar-refractivity contribution < 1.29 is 37.8 Å². The summed E-state index contributed by atoms with van der Waals surface area (Å²) in [6.45, 7) is 4.73. The fourth-order valence-electron chi connectivity index (χ4n) is 3.74. The quantitative estimate of drug-likeness (QED) is 0.596. The van der Waals surface area contributed by atoms with Crippen molar-refractivity contribution in [1.82, 2.24) is 24.9 Å². The van der Waals surface area contributed by atoms with Crippen LogP contribution in [0, 0.1) is 6.92 Å². The standard InChI is InChI=1S/C16H25N5O3.C2HF3O2/c1-12-11-13(18-17-12)14(23)20-5-3-16(4-6-20)15(24)21(9-10-22)8-7-19(16)2;3-2(4,5)1(6)7/h11,22H,3-10H2,1-2H3,(H,17,18);(H,6,7). The number of aromatic nitrogens is 2. The lowest BCUT2D eigenvalue weighted by Gasteiger charge is -2.51. The number of alkyl halides is 3. The molecule has 0 aromatic carbocycles. The van der Waals surface area contributed by atoms with E-state index in [1.54, 1.807) is 15.9 Å². The maximum Gasteiger partial charge on any atom is 0.490 e. The van der Waals surface area contributed by atoms with Gasteiger partial charge < -0.3 is 20.0 Å². The highest BCUT2D eigenvalue weighted by atomic mass is 19.4. The number of aliphatic hydroxyl groups is 1. The predicted octanol–water partition coefficient (Wildman–Crippen LogP) is 0.0925. The van der Waals surface area contributed by atoms with Gasteiger partial charge in [0.05, 0.1) is 6.61 Å². The second-order valence-electron chi connectivity index (χ2n) is 7.50. The molecule has 0 saturated carbocycles. The van der Waals surface area contributed by atoms with Gasteiger partial charge in [-0.3, -0.25) is 19.6 Å². The van der Waals surface area contributed by atoms with Gasteiger partial charge in [0.25, 0.3) is 5.91 Å². The van der Waals surface area contributed by atoms with Crippen LogP contribution in [0.5, 0.6) is 0 Å². The van der Waals surface area contributed by atoms with Gasteiger partial charge in [0, 0.05) is 38.4 Å². The molecular formula is C18H26F3N5O5. The van der Waals surface area contributed by atoms with Crippen molar-refractivity contribution in [2.75, 3.05) is 46.4 Å². The number of carboxylic acids is 1. The lowest BCUT2D eigenvalue weighted by atomic mass is 9.82. The smallest absolute Gasteiger partial charge is 0.475 e. The number of likely N-dealkylation sites (tertiary alicyclic amines) is 1. The van der Waals surface area contributed by atoms with E-state index in [0.717, 1.165) is 12.2 Å². The zero-order valence-corrected chi connectivity index (χ0v) is 17.3. The monoisotopic (exact) mass is 449 g/mol. The van der Waals surface area contributed by atoms with Gasteiger partial charge in [-0.2, -0.15) is 18.3 Å². The number of rotatable bonds is 3. The van der Waals surface area contributed by atoms with E-state index in [2.05, 4.69) is 15.1 Å². The number of hydrogen-bond donors (Lipinski definition) is 3. The number of carboxylic acid groups (broad SMARTS) is 1. The van der Waals surface area contributed by atoms with Crippen LogP contribution < -0.4 is 0 Å². The molecule has 2 saturated heterocycles. The Morgan fingerprint density at radius 1 is 1.23 bits per heavy atom. The largest absolute Gasteiger partial charge is 0.490 e. The molecule has 0 aliphatic carbocycles. The number of amides is 2. The Morgan fingerprint density at radius 2 is 1.81 bits per heavy atom. The fourth-order valence-corrected chi connectivity index (χ4v) is 3.74. The van der Waals surface area contributed by atoms with Crippen molar-refractivity contribution in [3.63, 3.8) is 0 Å². The van der Waals surface area contributed by atoms with Crippen molar-refractivity contribution in [3.05, 3.63) is 17.5 Å². The first-order valence-corrected chi connectivity index (χ1v) is 9.65. The summed E-state index contributed by atoms with van der Waals surface area (Å²) in [6, 6.07) is 1.74. The molecule has 31 heavy (non-hydrogen) atoms. The van der Waals surface area contributed by atoms with Crippen molar-refractivity contribution in [2.24, 2.45) is 0 Å². The molecule has 10 nitrogen and oxygen atoms in total. The van der Waals surface area contributed by atoms with Crippen LogP contribution in [0.4, 0.5) is 13.2 Å². The minimum Gasteiger partial charge on any atom is -0.475 e. The number of piperazine rings is 1. The maximum atomic E-state index is 12.9. The minimum absolute atomic E-state index is 0.0192. The minimum atomic E-state index is -5.08. The number of halogens is 3. The van der Waals surface area contributed by atoms with Gasteiger partial charge in [-0.15, -0.1) is 0 Å². The number of carbonyl (C=O) groups excluding carboxylic acids is 2. The molecule has 2 fully saturated rings. The number of nitrogens with zero attached hydrogens (tertiary/aromatic N) is 4. The van der Waals surface area contributed by atoms with Crippen molar-refractivity contribution in [3.8, 4) is 0 Å². The summed E-state index contributed by atoms with van der Waals surface area (Å²) in [4.78, 5) is 39.9. The van der Waals surface area contributed by atoms with Gasteiger partial charge in [0.2, 0.25) is 5.91 Å². The highest BCUT2D eigenvalue weighted by Crippen LogP contribution is 2.33. The number of likely N-dealkylation sites (N-methyl/N-ethyl adjacent to an activating group) is 1. The van der Waals surface area contributed by atoms with Crippen molar-refractivity contribution in [1.29, 1.82) is 0 Å². The van der Waals surface area contributed by atoms with E-state index < -0.39 is 17.7 Å². The number of piperidine rings is 1. The third kappa shape index (κ3) is 5.53. The topological polar surface area (TPSA) is 130 Å². The number of hydrogen-bond acceptors (Lipinski definition) is 6. The number of aryl methyl sites for hydroxylation is 1. The average Bonchev–Trinajstić information content (AvgIpc) is 3.15. The number of aromatic amines is 1. The molecule has 3 heterocycles. The molecule has 0 atom stereocenters. The molecule has 13 heteroatoms. The van der Waals surface area contributed by atoms with Crippen LogP contribution in [0.25, 0.3) is 0 Å². The van der Waals surface area contributed by atoms with E-state index in [1.165, 1.54) is 0 Å². The van der Waals surface area contributed by atoms with Crippen LogP contribution in [0.3, 0.4) is 0 Å². The first-order chi connectivity index (χ1) is 14.4. The van der Waals surface area contributed by atoms with E-state index in [0.29, 0.717) is 44.7 Å². The van der Waals surface area contributed by atoms with Crippen LogP contribution in [0.2, 0.25) is 0 Å². The molecule has 0 radical (unpaired) electrons. The van der Waals surface area contributed by atoms with Gasteiger partial charge >= 0.3 is 12.1 Å². The molecule has 2 amide bonds. The zero-order chi connectivity index (χ0) is 23.4. The number of aliphatic carboxylic acids is 1. The second-order valence-corrected chi connectivity index (χ2v) is 7.50. The number of aliphatic hydroxyl groups excluding tert-OH is 1. The summed E-state index contributed by atoms with van der Waals surface area (Å²) < 4.78 is 31.7. The predicted molar refractivity (Wildman–Crippen MR) is 101 cm³/mol. The second kappa shape index (κ2) is 9.64. The SMILES string of the molecule is Cc1cc(C(=O)N2CCC3(CC2)C(=O)N(CCO)CCN3C)n[nH]1.O=C(O)C(F)(F)F. The number of β-amino-alcohol motifs (C(OH)–C–C–N with tert-alkyl or cyclic N) is 1. The molecular weight excluding hydrogens is 423 g/mol. The molecule has 1 aromatic heterocycles. The third-order valence-corrected chi connectivity index (χ3v) is 5.54. The van der Waals surface area contributed by atoms with E-state index in [9.17, 15) is 22.8 Å². The summed E-state index contributed by atoms with van der Waals surface area (Å²) in [5, 5.41) is 23.1. The van der Waals surface area contributed by atoms with Crippen LogP contribution in [-0.4, -0.2) is 111 Å². The van der Waals surface area contributed by atoms with E-state index in [-0.39, 0.29) is 18.4 Å². The summed E-state index contributed by atoms with van der Waals surface area (Å²) in [7, 11) is 1.97. The van der Waals surface area contributed by atoms with Gasteiger partial charge in [0.1, 0.15) is 11.2 Å². The number of carbonyl (C=O) groups is 3. The molecule has 2 aliphatic rings. The summed E-state index contributed by atoms with van der Waals surface area (Å²) in [5.74, 6) is -2.77. The first-order valence-electron chi connectivity index (χ1n) is 9.65. The molecule has 1 aromatic rings. The van der Waals surface area contributed by atoms with Crippen LogP contribution in [0.1, 0.15) is 29.0 Å². The summed E-state index contributed by atoms with van der Waals surface area (Å²) >= 11 is 0. The average molecular weight is 449 g/mol. The van der Waals surface area contributed by atoms with Crippen LogP contribution in [-0.2, 0) is 9.59 Å². The Hall–Kier alpha value is -2.67. The lowest BCUT2D eigenvalue weighted by molar-refractivity contribution is -0.192. The summed E-state index contributed by atoms with van der Waals surface area (Å²) in [6.07, 6.45) is -3.86. The molecule has 0 bridgehead atoms. The molecule has 1 spiro atoms. The van der Waals surface area contributed by atoms with E-state index in [4.69, 9.17) is 15.0 Å². The third-order valence-electron chi connectivity index (χ3n) is 5.54. The molecule has 3 rings (SSSR count). The normalized spacial score (nSPS) is 19.2. The Kier molecular flexibility index (Phi) is 7.65. The van der Waals surface area contributed by atoms with Crippen LogP contribution >= 0.6 is 0 Å². The van der Waals surface area contributed by atoms with Gasteiger partial charge in [-0.1, -0.05) is 0 Å². The maximum absolute atomic E-state index is 12.9. The zero-order valence-electron chi connectivity index (χ0n) is 17.3. The van der Waals surface area contributed by atoms with Crippen molar-refractivity contribution in [2.45, 2.75) is 31.5 Å². The molecule has 0 unspecified atom stereocenters. The van der Waals surface area contributed by atoms with E-state index in [1.807, 2.05) is 14.0 Å². The van der Waals surface area contributed by atoms with Crippen LogP contribution in [0.15, 0.2) is 6.07 Å². The molecule has 2 aliphatic heterocycles. The van der Waals surface area contributed by atoms with E-state index >= 15 is 0 Å². The number of nitrogens with one attached hydrogen (secondary N) is 1.